The van der Waals surface area contributed by atoms with E-state index in [0.717, 1.165) is 11.3 Å². The summed E-state index contributed by atoms with van der Waals surface area (Å²) in [5.41, 5.74) is 7.91. The van der Waals surface area contributed by atoms with Gasteiger partial charge in [0.15, 0.2) is 6.61 Å². The normalized spacial score (nSPS) is 10.0. The van der Waals surface area contributed by atoms with Crippen molar-refractivity contribution in [2.45, 2.75) is 6.92 Å². The van der Waals surface area contributed by atoms with E-state index in [1.807, 2.05) is 19.1 Å². The van der Waals surface area contributed by atoms with Gasteiger partial charge in [0.25, 0.3) is 5.91 Å². The molecule has 0 aromatic heterocycles. The van der Waals surface area contributed by atoms with Gasteiger partial charge >= 0.3 is 0 Å². The molecule has 2 rings (SSSR count). The number of ether oxygens (including phenoxy) is 2. The lowest BCUT2D eigenvalue weighted by atomic mass is 10.1. The number of hydrogen-bond acceptors (Lipinski definition) is 4. The Balaban J connectivity index is 1.92. The standard InChI is InChI=1S/C16H18N2O3/c1-11-4-3-5-14(17)16(11)18-15(19)10-21-13-8-6-12(20-2)7-9-13/h3-9H,10,17H2,1-2H3,(H,18,19). The van der Waals surface area contributed by atoms with Crippen LogP contribution >= 0.6 is 0 Å². The zero-order chi connectivity index (χ0) is 15.2. The van der Waals surface area contributed by atoms with Gasteiger partial charge in [-0.05, 0) is 42.8 Å². The van der Waals surface area contributed by atoms with Crippen LogP contribution in [0.2, 0.25) is 0 Å². The first kappa shape index (κ1) is 14.7. The van der Waals surface area contributed by atoms with Crippen LogP contribution < -0.4 is 20.5 Å². The number of amides is 1. The highest BCUT2D eigenvalue weighted by atomic mass is 16.5. The molecule has 0 bridgehead atoms. The van der Waals surface area contributed by atoms with Crippen LogP contribution in [0.3, 0.4) is 0 Å². The van der Waals surface area contributed by atoms with Crippen LogP contribution in [0.15, 0.2) is 42.5 Å². The van der Waals surface area contributed by atoms with Gasteiger partial charge in [0.05, 0.1) is 18.5 Å². The van der Waals surface area contributed by atoms with Crippen molar-refractivity contribution in [3.63, 3.8) is 0 Å². The third kappa shape index (κ3) is 3.89. The van der Waals surface area contributed by atoms with Crippen molar-refractivity contribution in [1.29, 1.82) is 0 Å². The average Bonchev–Trinajstić information content (AvgIpc) is 2.49. The molecular weight excluding hydrogens is 268 g/mol. The molecular formula is C16H18N2O3. The molecule has 2 aromatic carbocycles. The van der Waals surface area contributed by atoms with Crippen LogP contribution in [0.25, 0.3) is 0 Å². The number of rotatable bonds is 5. The number of carbonyl (C=O) groups excluding carboxylic acids is 1. The van der Waals surface area contributed by atoms with E-state index in [4.69, 9.17) is 15.2 Å². The molecule has 0 heterocycles. The molecule has 0 aliphatic heterocycles. The first-order valence-electron chi connectivity index (χ1n) is 6.52. The topological polar surface area (TPSA) is 73.6 Å². The van der Waals surface area contributed by atoms with E-state index in [0.29, 0.717) is 17.1 Å². The van der Waals surface area contributed by atoms with Gasteiger partial charge in [-0.25, -0.2) is 0 Å². The maximum atomic E-state index is 11.9. The summed E-state index contributed by atoms with van der Waals surface area (Å²) in [6.07, 6.45) is 0. The van der Waals surface area contributed by atoms with Crippen LogP contribution in [0.4, 0.5) is 11.4 Å². The fourth-order valence-electron chi connectivity index (χ4n) is 1.86. The van der Waals surface area contributed by atoms with Crippen molar-refractivity contribution in [3.8, 4) is 11.5 Å². The monoisotopic (exact) mass is 286 g/mol. The van der Waals surface area contributed by atoms with Crippen LogP contribution in [-0.4, -0.2) is 19.6 Å². The quantitative estimate of drug-likeness (QED) is 0.829. The number of nitrogen functional groups attached to an aromatic ring is 1. The fourth-order valence-corrected chi connectivity index (χ4v) is 1.86. The van der Waals surface area contributed by atoms with E-state index in [1.54, 1.807) is 37.4 Å². The van der Waals surface area contributed by atoms with E-state index in [-0.39, 0.29) is 12.5 Å². The predicted octanol–water partition coefficient (Wildman–Crippen LogP) is 2.60. The molecule has 0 saturated carbocycles. The minimum Gasteiger partial charge on any atom is -0.497 e. The largest absolute Gasteiger partial charge is 0.497 e. The maximum Gasteiger partial charge on any atom is 0.262 e. The zero-order valence-corrected chi connectivity index (χ0v) is 12.1. The molecule has 21 heavy (non-hydrogen) atoms. The van der Waals surface area contributed by atoms with Crippen molar-refractivity contribution < 1.29 is 14.3 Å². The van der Waals surface area contributed by atoms with Crippen molar-refractivity contribution in [3.05, 3.63) is 48.0 Å². The second-order valence-corrected chi connectivity index (χ2v) is 4.55. The molecule has 5 heteroatoms. The van der Waals surface area contributed by atoms with E-state index in [1.165, 1.54) is 0 Å². The van der Waals surface area contributed by atoms with Gasteiger partial charge in [0, 0.05) is 0 Å². The highest BCUT2D eigenvalue weighted by molar-refractivity contribution is 5.95. The van der Waals surface area contributed by atoms with E-state index in [2.05, 4.69) is 5.32 Å². The first-order chi connectivity index (χ1) is 10.1. The number of aryl methyl sites for hydroxylation is 1. The Kier molecular flexibility index (Phi) is 4.66. The van der Waals surface area contributed by atoms with E-state index < -0.39 is 0 Å². The number of methoxy groups -OCH3 is 1. The maximum absolute atomic E-state index is 11.9. The van der Waals surface area contributed by atoms with Crippen molar-refractivity contribution in [2.24, 2.45) is 0 Å². The molecule has 0 radical (unpaired) electrons. The average molecular weight is 286 g/mol. The molecule has 3 N–H and O–H groups in total. The summed E-state index contributed by atoms with van der Waals surface area (Å²) in [7, 11) is 1.59. The molecule has 110 valence electrons. The van der Waals surface area contributed by atoms with Gasteiger partial charge in [0.2, 0.25) is 0 Å². The van der Waals surface area contributed by atoms with Gasteiger partial charge in [0.1, 0.15) is 11.5 Å². The minimum atomic E-state index is -0.258. The number of anilines is 2. The highest BCUT2D eigenvalue weighted by Gasteiger charge is 2.08. The summed E-state index contributed by atoms with van der Waals surface area (Å²) < 4.78 is 10.5. The molecule has 2 aromatic rings. The van der Waals surface area contributed by atoms with Gasteiger partial charge in [-0.3, -0.25) is 4.79 Å². The number of benzene rings is 2. The van der Waals surface area contributed by atoms with Gasteiger partial charge < -0.3 is 20.5 Å². The molecule has 5 nitrogen and oxygen atoms in total. The molecule has 0 spiro atoms. The first-order valence-corrected chi connectivity index (χ1v) is 6.52. The fraction of sp³-hybridized carbons (Fsp3) is 0.188. The van der Waals surface area contributed by atoms with Gasteiger partial charge in [-0.1, -0.05) is 12.1 Å². The van der Waals surface area contributed by atoms with Crippen molar-refractivity contribution in [1.82, 2.24) is 0 Å². The lowest BCUT2D eigenvalue weighted by molar-refractivity contribution is -0.118. The molecule has 0 aliphatic carbocycles. The minimum absolute atomic E-state index is 0.0832. The van der Waals surface area contributed by atoms with Crippen molar-refractivity contribution >= 4 is 17.3 Å². The summed E-state index contributed by atoms with van der Waals surface area (Å²) in [5.74, 6) is 1.08. The Morgan fingerprint density at radius 3 is 2.43 bits per heavy atom. The smallest absolute Gasteiger partial charge is 0.262 e. The van der Waals surface area contributed by atoms with Crippen LogP contribution in [0, 0.1) is 6.92 Å². The van der Waals surface area contributed by atoms with Crippen LogP contribution in [0.5, 0.6) is 11.5 Å². The Hall–Kier alpha value is -2.69. The van der Waals surface area contributed by atoms with Crippen LogP contribution in [0.1, 0.15) is 5.56 Å². The lowest BCUT2D eigenvalue weighted by Crippen LogP contribution is -2.21. The molecule has 0 atom stereocenters. The third-order valence-electron chi connectivity index (χ3n) is 3.00. The summed E-state index contributed by atoms with van der Waals surface area (Å²) in [6.45, 7) is 1.80. The van der Waals surface area contributed by atoms with Gasteiger partial charge in [-0.2, -0.15) is 0 Å². The number of hydrogen-bond donors (Lipinski definition) is 2. The summed E-state index contributed by atoms with van der Waals surface area (Å²) in [5, 5.41) is 2.76. The highest BCUT2D eigenvalue weighted by Crippen LogP contribution is 2.22. The summed E-state index contributed by atoms with van der Waals surface area (Å²) in [6, 6.07) is 12.5. The van der Waals surface area contributed by atoms with Crippen LogP contribution in [-0.2, 0) is 4.79 Å². The van der Waals surface area contributed by atoms with Gasteiger partial charge in [-0.15, -0.1) is 0 Å². The van der Waals surface area contributed by atoms with E-state index in [9.17, 15) is 4.79 Å². The molecule has 0 aliphatic rings. The Morgan fingerprint density at radius 1 is 1.14 bits per heavy atom. The Labute approximate surface area is 123 Å². The molecule has 0 unspecified atom stereocenters. The molecule has 0 saturated heterocycles. The molecule has 1 amide bonds. The summed E-state index contributed by atoms with van der Waals surface area (Å²) in [4.78, 5) is 11.9. The van der Waals surface area contributed by atoms with Crippen molar-refractivity contribution in [2.75, 3.05) is 24.8 Å². The SMILES string of the molecule is COc1ccc(OCC(=O)Nc2c(C)cccc2N)cc1. The second kappa shape index (κ2) is 6.65. The second-order valence-electron chi connectivity index (χ2n) is 4.55. The number of nitrogens with one attached hydrogen (secondary N) is 1. The number of carbonyl (C=O) groups is 1. The third-order valence-corrected chi connectivity index (χ3v) is 3.00. The summed E-state index contributed by atoms with van der Waals surface area (Å²) >= 11 is 0. The molecule has 0 fully saturated rings. The predicted molar refractivity (Wildman–Crippen MR) is 82.7 cm³/mol. The lowest BCUT2D eigenvalue weighted by Gasteiger charge is -2.12. The van der Waals surface area contributed by atoms with E-state index >= 15 is 0 Å². The Morgan fingerprint density at radius 2 is 1.81 bits per heavy atom. The Bertz CT molecular complexity index is 604. The number of nitrogens with two attached hydrogens (primary N) is 1. The zero-order valence-electron chi connectivity index (χ0n) is 12.1. The number of para-hydroxylation sites is 1.